The average molecular weight is 284 g/mol. The molecule has 10 nitrogen and oxygen atoms in total. The number of fused-ring (bicyclic) bond motifs is 2. The van der Waals surface area contributed by atoms with Crippen molar-refractivity contribution in [1.29, 1.82) is 0 Å². The second-order valence-corrected chi connectivity index (χ2v) is 3.93. The Balaban J connectivity index is 0.000000126. The summed E-state index contributed by atoms with van der Waals surface area (Å²) in [5.74, 6) is 1.20. The number of imidazole rings is 2. The highest BCUT2D eigenvalue weighted by molar-refractivity contribution is 5.81. The predicted molar refractivity (Wildman–Crippen MR) is 77.3 cm³/mol. The van der Waals surface area contributed by atoms with Crippen molar-refractivity contribution in [2.45, 2.75) is 0 Å². The minimum absolute atomic E-state index is 0.433. The molecular weight excluding hydrogens is 272 g/mol. The van der Waals surface area contributed by atoms with Gasteiger partial charge in [-0.05, 0) is 0 Å². The fourth-order valence-corrected chi connectivity index (χ4v) is 1.74. The Morgan fingerprint density at radius 1 is 0.857 bits per heavy atom. The molecule has 5 N–H and O–H groups in total. The van der Waals surface area contributed by atoms with Crippen molar-refractivity contribution >= 4 is 34.0 Å². The zero-order chi connectivity index (χ0) is 14.7. The molecule has 0 atom stereocenters. The molecule has 0 aliphatic heterocycles. The Hall–Kier alpha value is -3.30. The molecule has 4 aromatic heterocycles. The van der Waals surface area contributed by atoms with E-state index in [9.17, 15) is 0 Å². The van der Waals surface area contributed by atoms with Gasteiger partial charge in [0.15, 0.2) is 22.9 Å². The van der Waals surface area contributed by atoms with Crippen LogP contribution >= 0.6 is 0 Å². The minimum Gasteiger partial charge on any atom is -0.382 e. The van der Waals surface area contributed by atoms with Gasteiger partial charge in [0.1, 0.15) is 23.7 Å². The second-order valence-electron chi connectivity index (χ2n) is 3.93. The van der Waals surface area contributed by atoms with Crippen molar-refractivity contribution in [1.82, 2.24) is 39.9 Å². The van der Waals surface area contributed by atoms with Crippen LogP contribution in [0.15, 0.2) is 25.3 Å². The molecule has 0 amide bonds. The van der Waals surface area contributed by atoms with Crippen LogP contribution < -0.4 is 11.1 Å². The number of nitrogens with two attached hydrogens (primary N) is 1. The maximum absolute atomic E-state index is 5.48. The number of hydrogen-bond acceptors (Lipinski definition) is 8. The van der Waals surface area contributed by atoms with Crippen molar-refractivity contribution in [3.63, 3.8) is 0 Å². The number of nitrogen functional groups attached to an aromatic ring is 1. The summed E-state index contributed by atoms with van der Waals surface area (Å²) in [5, 5.41) is 2.93. The number of anilines is 2. The van der Waals surface area contributed by atoms with Crippen LogP contribution in [0.5, 0.6) is 0 Å². The van der Waals surface area contributed by atoms with Crippen LogP contribution in [0, 0.1) is 0 Å². The van der Waals surface area contributed by atoms with Gasteiger partial charge in [-0.25, -0.2) is 29.9 Å². The highest BCUT2D eigenvalue weighted by Crippen LogP contribution is 2.12. The van der Waals surface area contributed by atoms with Gasteiger partial charge < -0.3 is 21.0 Å². The molecule has 4 rings (SSSR count). The van der Waals surface area contributed by atoms with Gasteiger partial charge in [0.25, 0.3) is 0 Å². The van der Waals surface area contributed by atoms with Crippen LogP contribution in [0.3, 0.4) is 0 Å². The summed E-state index contributed by atoms with van der Waals surface area (Å²) in [7, 11) is 1.81. The number of aromatic amines is 2. The fraction of sp³-hybridized carbons (Fsp3) is 0.0909. The van der Waals surface area contributed by atoms with E-state index in [0.29, 0.717) is 22.6 Å². The summed E-state index contributed by atoms with van der Waals surface area (Å²) in [6, 6.07) is 0. The van der Waals surface area contributed by atoms with Crippen LogP contribution in [-0.4, -0.2) is 46.9 Å². The quantitative estimate of drug-likeness (QED) is 0.391. The Kier molecular flexibility index (Phi) is 3.25. The lowest BCUT2D eigenvalue weighted by Gasteiger charge is -1.96. The van der Waals surface area contributed by atoms with Crippen molar-refractivity contribution < 1.29 is 0 Å². The van der Waals surface area contributed by atoms with Crippen LogP contribution in [-0.2, 0) is 0 Å². The van der Waals surface area contributed by atoms with E-state index in [-0.39, 0.29) is 0 Å². The first-order chi connectivity index (χ1) is 10.3. The van der Waals surface area contributed by atoms with Gasteiger partial charge in [0.2, 0.25) is 0 Å². The van der Waals surface area contributed by atoms with E-state index in [1.54, 1.807) is 6.33 Å². The molecule has 106 valence electrons. The lowest BCUT2D eigenvalue weighted by molar-refractivity contribution is 1.19. The van der Waals surface area contributed by atoms with Crippen LogP contribution in [0.4, 0.5) is 11.6 Å². The summed E-state index contributed by atoms with van der Waals surface area (Å²) < 4.78 is 0. The van der Waals surface area contributed by atoms with E-state index in [4.69, 9.17) is 5.73 Å². The second kappa shape index (κ2) is 5.36. The molecule has 0 radical (unpaired) electrons. The standard InChI is InChI=1S/C6H7N5.C5H5N5/c1-7-5-4-6(10-2-8-4)11-3-9-5;6-4-3-5(9-1-7-3)10-2-8-4/h2-3H,1H3,(H2,7,8,9,10,11);1-2H,(H3,6,7,8,9,10). The number of nitrogens with zero attached hydrogens (tertiary/aromatic N) is 6. The zero-order valence-corrected chi connectivity index (χ0v) is 11.1. The number of aromatic nitrogens is 8. The number of nitrogens with one attached hydrogen (secondary N) is 3. The van der Waals surface area contributed by atoms with Gasteiger partial charge in [-0.2, -0.15) is 0 Å². The highest BCUT2D eigenvalue weighted by atomic mass is 15.1. The molecule has 0 saturated carbocycles. The molecule has 0 saturated heterocycles. The lowest BCUT2D eigenvalue weighted by atomic mass is 10.5. The predicted octanol–water partition coefficient (Wildman–Crippen LogP) is 0.330. The van der Waals surface area contributed by atoms with E-state index in [1.807, 2.05) is 7.05 Å². The van der Waals surface area contributed by atoms with Gasteiger partial charge in [-0.15, -0.1) is 0 Å². The molecule has 0 aliphatic rings. The SMILES string of the molecule is CNc1ncnc2nc[nH]c12.Nc1ncnc2nc[nH]c12. The normalized spacial score (nSPS) is 10.3. The third kappa shape index (κ3) is 2.41. The summed E-state index contributed by atoms with van der Waals surface area (Å²) in [4.78, 5) is 29.2. The molecule has 4 aromatic rings. The number of hydrogen-bond donors (Lipinski definition) is 4. The van der Waals surface area contributed by atoms with Crippen LogP contribution in [0.1, 0.15) is 0 Å². The minimum atomic E-state index is 0.433. The van der Waals surface area contributed by atoms with Crippen LogP contribution in [0.25, 0.3) is 22.3 Å². The topological polar surface area (TPSA) is 147 Å². The van der Waals surface area contributed by atoms with Gasteiger partial charge in [0, 0.05) is 7.05 Å². The maximum Gasteiger partial charge on any atom is 0.182 e. The summed E-state index contributed by atoms with van der Waals surface area (Å²) in [5.41, 5.74) is 8.31. The van der Waals surface area contributed by atoms with E-state index in [0.717, 1.165) is 11.3 Å². The smallest absolute Gasteiger partial charge is 0.182 e. The molecule has 21 heavy (non-hydrogen) atoms. The third-order valence-electron chi connectivity index (χ3n) is 2.71. The maximum atomic E-state index is 5.48. The van der Waals surface area contributed by atoms with Gasteiger partial charge >= 0.3 is 0 Å². The van der Waals surface area contributed by atoms with E-state index >= 15 is 0 Å². The first-order valence-corrected chi connectivity index (χ1v) is 6.01. The largest absolute Gasteiger partial charge is 0.382 e. The molecule has 0 spiro atoms. The monoisotopic (exact) mass is 284 g/mol. The number of H-pyrrole nitrogens is 2. The summed E-state index contributed by atoms with van der Waals surface area (Å²) in [6.45, 7) is 0. The third-order valence-corrected chi connectivity index (χ3v) is 2.71. The molecular formula is C11H12N10. The van der Waals surface area contributed by atoms with E-state index in [1.165, 1.54) is 19.0 Å². The van der Waals surface area contributed by atoms with Gasteiger partial charge in [-0.3, -0.25) is 0 Å². The van der Waals surface area contributed by atoms with Crippen molar-refractivity contribution in [3.8, 4) is 0 Å². The number of rotatable bonds is 1. The Bertz CT molecular complexity index is 863. The Labute approximate surface area is 118 Å². The van der Waals surface area contributed by atoms with Crippen molar-refractivity contribution in [3.05, 3.63) is 25.3 Å². The molecule has 0 bridgehead atoms. The van der Waals surface area contributed by atoms with E-state index in [2.05, 4.69) is 45.2 Å². The molecule has 0 fully saturated rings. The average Bonchev–Trinajstić information content (AvgIpc) is 3.16. The van der Waals surface area contributed by atoms with Gasteiger partial charge in [-0.1, -0.05) is 0 Å². The molecule has 0 aromatic carbocycles. The van der Waals surface area contributed by atoms with Gasteiger partial charge in [0.05, 0.1) is 12.7 Å². The lowest BCUT2D eigenvalue weighted by Crippen LogP contribution is -1.93. The van der Waals surface area contributed by atoms with Crippen molar-refractivity contribution in [2.24, 2.45) is 0 Å². The van der Waals surface area contributed by atoms with E-state index < -0.39 is 0 Å². The summed E-state index contributed by atoms with van der Waals surface area (Å²) in [6.07, 6.45) is 6.00. The van der Waals surface area contributed by atoms with Crippen molar-refractivity contribution in [2.75, 3.05) is 18.1 Å². The zero-order valence-electron chi connectivity index (χ0n) is 11.1. The summed E-state index contributed by atoms with van der Waals surface area (Å²) >= 11 is 0. The molecule has 0 unspecified atom stereocenters. The molecule has 10 heteroatoms. The molecule has 4 heterocycles. The molecule has 0 aliphatic carbocycles. The Morgan fingerprint density at radius 2 is 1.48 bits per heavy atom. The fourth-order valence-electron chi connectivity index (χ4n) is 1.74. The first kappa shape index (κ1) is 12.7. The first-order valence-electron chi connectivity index (χ1n) is 6.01. The highest BCUT2D eigenvalue weighted by Gasteiger charge is 2.01. The Morgan fingerprint density at radius 3 is 2.14 bits per heavy atom. The van der Waals surface area contributed by atoms with Crippen LogP contribution in [0.2, 0.25) is 0 Å².